The molecule has 4 aromatic rings. The van der Waals surface area contributed by atoms with E-state index in [9.17, 15) is 19.1 Å². The van der Waals surface area contributed by atoms with E-state index in [4.69, 9.17) is 11.6 Å². The number of carbonyl (C=O) groups excluding carboxylic acids is 2. The number of aromatic nitrogens is 3. The van der Waals surface area contributed by atoms with Gasteiger partial charge in [0.05, 0.1) is 25.2 Å². The zero-order valence-corrected chi connectivity index (χ0v) is 25.5. The van der Waals surface area contributed by atoms with Crippen LogP contribution in [0.15, 0.2) is 54.3 Å². The van der Waals surface area contributed by atoms with Crippen LogP contribution in [0.3, 0.4) is 0 Å². The lowest BCUT2D eigenvalue weighted by molar-refractivity contribution is -0.121. The fourth-order valence-electron chi connectivity index (χ4n) is 6.73. The van der Waals surface area contributed by atoms with Gasteiger partial charge in [0.25, 0.3) is 11.8 Å². The summed E-state index contributed by atoms with van der Waals surface area (Å²) in [5.74, 6) is -0.313. The SMILES string of the molecule is O=C(Nc1nccs1)C(c1ncn2c1C[C@@H](F)C2)N1Cc2c(Cl)cc(-c3ccc(C4CCN(CCO)CC4)cc3)cc2C1=O. The molecular weight excluding hydrogens is 603 g/mol. The first-order valence-electron chi connectivity index (χ1n) is 14.8. The Morgan fingerprint density at radius 2 is 1.95 bits per heavy atom. The maximum Gasteiger partial charge on any atom is 0.255 e. The van der Waals surface area contributed by atoms with Crippen LogP contribution in [0, 0.1) is 0 Å². The second-order valence-electron chi connectivity index (χ2n) is 11.6. The van der Waals surface area contributed by atoms with Gasteiger partial charge in [-0.2, -0.15) is 0 Å². The number of amides is 2. The topological polar surface area (TPSA) is 104 Å². The van der Waals surface area contributed by atoms with Gasteiger partial charge in [-0.3, -0.25) is 14.9 Å². The number of fused-ring (bicyclic) bond motifs is 2. The summed E-state index contributed by atoms with van der Waals surface area (Å²) in [5, 5.41) is 14.6. The van der Waals surface area contributed by atoms with Crippen LogP contribution in [0.1, 0.15) is 57.7 Å². The fourth-order valence-corrected chi connectivity index (χ4v) is 7.54. The molecule has 0 aliphatic carbocycles. The van der Waals surface area contributed by atoms with Crippen molar-refractivity contribution in [2.75, 3.05) is 31.6 Å². The molecule has 9 nitrogen and oxygen atoms in total. The molecule has 0 bridgehead atoms. The number of anilines is 1. The van der Waals surface area contributed by atoms with Crippen LogP contribution in [-0.4, -0.2) is 73.7 Å². The summed E-state index contributed by atoms with van der Waals surface area (Å²) in [7, 11) is 0. The molecule has 7 rings (SSSR count). The fraction of sp³-hybridized carbons (Fsp3) is 0.375. The minimum Gasteiger partial charge on any atom is -0.395 e. The maximum absolute atomic E-state index is 14.3. The number of alkyl halides is 1. The van der Waals surface area contributed by atoms with Crippen molar-refractivity contribution in [3.05, 3.63) is 87.4 Å². The summed E-state index contributed by atoms with van der Waals surface area (Å²) in [6, 6.07) is 11.1. The van der Waals surface area contributed by atoms with Gasteiger partial charge in [-0.15, -0.1) is 11.3 Å². The summed E-state index contributed by atoms with van der Waals surface area (Å²) in [6.07, 6.45) is 4.30. The summed E-state index contributed by atoms with van der Waals surface area (Å²) in [6.45, 7) is 3.17. The smallest absolute Gasteiger partial charge is 0.255 e. The first-order chi connectivity index (χ1) is 21.4. The number of imidazole rings is 1. The molecule has 1 saturated heterocycles. The Morgan fingerprint density at radius 3 is 2.68 bits per heavy atom. The highest BCUT2D eigenvalue weighted by Crippen LogP contribution is 2.40. The van der Waals surface area contributed by atoms with Crippen molar-refractivity contribution in [2.24, 2.45) is 0 Å². The van der Waals surface area contributed by atoms with E-state index in [1.807, 2.05) is 12.1 Å². The van der Waals surface area contributed by atoms with E-state index in [1.165, 1.54) is 28.1 Å². The lowest BCUT2D eigenvalue weighted by atomic mass is 9.88. The Kier molecular flexibility index (Phi) is 7.96. The molecule has 3 aliphatic heterocycles. The molecule has 0 radical (unpaired) electrons. The molecule has 3 aliphatic rings. The number of likely N-dealkylation sites (tertiary alicyclic amines) is 1. The quantitative estimate of drug-likeness (QED) is 0.281. The van der Waals surface area contributed by atoms with Gasteiger partial charge < -0.3 is 19.5 Å². The Labute approximate surface area is 263 Å². The molecular formula is C32H32ClFN6O3S. The molecule has 2 atom stereocenters. The van der Waals surface area contributed by atoms with E-state index in [1.54, 1.807) is 16.1 Å². The predicted octanol–water partition coefficient (Wildman–Crippen LogP) is 5.06. The van der Waals surface area contributed by atoms with Crippen LogP contribution in [0.25, 0.3) is 11.1 Å². The molecule has 228 valence electrons. The minimum atomic E-state index is -1.08. The van der Waals surface area contributed by atoms with Gasteiger partial charge in [-0.1, -0.05) is 35.9 Å². The highest BCUT2D eigenvalue weighted by molar-refractivity contribution is 7.13. The van der Waals surface area contributed by atoms with Crippen molar-refractivity contribution < 1.29 is 19.1 Å². The second-order valence-corrected chi connectivity index (χ2v) is 12.9. The zero-order valence-electron chi connectivity index (χ0n) is 24.0. The Bertz CT molecular complexity index is 1690. The lowest BCUT2D eigenvalue weighted by Crippen LogP contribution is -2.38. The van der Waals surface area contributed by atoms with Crippen molar-refractivity contribution >= 4 is 39.9 Å². The largest absolute Gasteiger partial charge is 0.395 e. The van der Waals surface area contributed by atoms with Crippen molar-refractivity contribution in [1.82, 2.24) is 24.3 Å². The first-order valence-corrected chi connectivity index (χ1v) is 16.1. The van der Waals surface area contributed by atoms with Gasteiger partial charge in [-0.25, -0.2) is 14.4 Å². The molecule has 2 N–H and O–H groups in total. The number of nitrogens with one attached hydrogen (secondary N) is 1. The molecule has 0 spiro atoms. The Hall–Kier alpha value is -3.64. The highest BCUT2D eigenvalue weighted by atomic mass is 35.5. The number of nitrogens with zero attached hydrogens (tertiary/aromatic N) is 5. The number of benzene rings is 2. The van der Waals surface area contributed by atoms with E-state index < -0.39 is 18.1 Å². The highest BCUT2D eigenvalue weighted by Gasteiger charge is 2.42. The number of aliphatic hydroxyl groups excluding tert-OH is 1. The molecule has 2 aromatic heterocycles. The minimum absolute atomic E-state index is 0.127. The van der Waals surface area contributed by atoms with Crippen molar-refractivity contribution in [3.63, 3.8) is 0 Å². The molecule has 1 unspecified atom stereocenters. The zero-order chi connectivity index (χ0) is 30.4. The number of carbonyl (C=O) groups is 2. The third kappa shape index (κ3) is 5.42. The van der Waals surface area contributed by atoms with Crippen LogP contribution in [0.4, 0.5) is 9.52 Å². The monoisotopic (exact) mass is 634 g/mol. The van der Waals surface area contributed by atoms with Crippen LogP contribution >= 0.6 is 22.9 Å². The van der Waals surface area contributed by atoms with E-state index in [-0.39, 0.29) is 32.0 Å². The van der Waals surface area contributed by atoms with Gasteiger partial charge in [-0.05, 0) is 60.7 Å². The predicted molar refractivity (Wildman–Crippen MR) is 167 cm³/mol. The summed E-state index contributed by atoms with van der Waals surface area (Å²) < 4.78 is 16.0. The Morgan fingerprint density at radius 1 is 1.16 bits per heavy atom. The van der Waals surface area contributed by atoms with Gasteiger partial charge in [0.2, 0.25) is 0 Å². The molecule has 5 heterocycles. The maximum atomic E-state index is 14.3. The standard InChI is InChI=1S/C32H32ClFN6O3S/c33-26-14-22(20-3-1-19(2-4-20)21-5-8-38(9-6-21)10-11-41)13-24-25(26)17-40(31(24)43)29(30(42)37-32-35-7-12-44-32)28-27-15-23(34)16-39(27)18-36-28/h1-4,7,12-14,18,21,23,29,41H,5-6,8-11,15-17H2,(H,35,37,42)/t23-,29?/m1/s1. The number of hydrogen-bond donors (Lipinski definition) is 2. The normalized spacial score (nSPS) is 19.3. The number of piperidine rings is 1. The van der Waals surface area contributed by atoms with Crippen LogP contribution in [0.5, 0.6) is 0 Å². The van der Waals surface area contributed by atoms with E-state index in [0.29, 0.717) is 38.6 Å². The number of rotatable bonds is 8. The Balaban J connectivity index is 1.15. The van der Waals surface area contributed by atoms with Gasteiger partial charge in [0.15, 0.2) is 11.2 Å². The average molecular weight is 635 g/mol. The van der Waals surface area contributed by atoms with Gasteiger partial charge in [0.1, 0.15) is 6.17 Å². The molecule has 44 heavy (non-hydrogen) atoms. The summed E-state index contributed by atoms with van der Waals surface area (Å²) in [5.41, 5.74) is 5.13. The number of hydrogen-bond acceptors (Lipinski definition) is 7. The van der Waals surface area contributed by atoms with Crippen molar-refractivity contribution in [1.29, 1.82) is 0 Å². The second kappa shape index (κ2) is 12.0. The summed E-state index contributed by atoms with van der Waals surface area (Å²) >= 11 is 8.08. The van der Waals surface area contributed by atoms with Crippen LogP contribution in [-0.2, 0) is 24.3 Å². The van der Waals surface area contributed by atoms with Crippen molar-refractivity contribution in [2.45, 2.75) is 50.5 Å². The molecule has 1 fully saturated rings. The molecule has 2 aromatic carbocycles. The van der Waals surface area contributed by atoms with E-state index in [2.05, 4.69) is 44.5 Å². The van der Waals surface area contributed by atoms with Crippen LogP contribution < -0.4 is 5.32 Å². The summed E-state index contributed by atoms with van der Waals surface area (Å²) in [4.78, 5) is 40.2. The number of thiazole rings is 1. The molecule has 12 heteroatoms. The van der Waals surface area contributed by atoms with E-state index >= 15 is 0 Å². The average Bonchev–Trinajstić information content (AvgIpc) is 3.81. The van der Waals surface area contributed by atoms with Crippen molar-refractivity contribution in [3.8, 4) is 11.1 Å². The first kappa shape index (κ1) is 29.1. The van der Waals surface area contributed by atoms with Gasteiger partial charge >= 0.3 is 0 Å². The number of halogens is 2. The number of β-amino-alcohol motifs (C(OH)–C–C–N with tert-alkyl or cyclic N) is 1. The third-order valence-electron chi connectivity index (χ3n) is 9.00. The lowest BCUT2D eigenvalue weighted by Gasteiger charge is -2.31. The molecule has 0 saturated carbocycles. The van der Waals surface area contributed by atoms with Crippen LogP contribution in [0.2, 0.25) is 5.02 Å². The molecule has 2 amide bonds. The number of aliphatic hydroxyl groups is 1. The van der Waals surface area contributed by atoms with E-state index in [0.717, 1.165) is 43.6 Å². The van der Waals surface area contributed by atoms with Gasteiger partial charge in [0, 0.05) is 52.9 Å². The third-order valence-corrected chi connectivity index (χ3v) is 10.0.